The zero-order valence-electron chi connectivity index (χ0n) is 9.06. The summed E-state index contributed by atoms with van der Waals surface area (Å²) in [4.78, 5) is 3.96. The van der Waals surface area contributed by atoms with Gasteiger partial charge in [0.1, 0.15) is 6.26 Å². The van der Waals surface area contributed by atoms with Crippen LogP contribution in [0.25, 0.3) is 0 Å². The van der Waals surface area contributed by atoms with Crippen molar-refractivity contribution in [1.82, 2.24) is 4.98 Å². The summed E-state index contributed by atoms with van der Waals surface area (Å²) in [5.74, 6) is 1.33. The smallest absolute Gasteiger partial charge is 0.299 e. The van der Waals surface area contributed by atoms with Crippen molar-refractivity contribution >= 4 is 11.7 Å². The molecule has 0 unspecified atom stereocenters. The molecule has 1 aromatic heterocycles. The Balaban J connectivity index is 2.22. The molecule has 2 aromatic rings. The number of benzene rings is 1. The Labute approximate surface area is 93.0 Å². The largest absolute Gasteiger partial charge is 0.493 e. The van der Waals surface area contributed by atoms with Gasteiger partial charge in [0, 0.05) is 11.8 Å². The minimum absolute atomic E-state index is 0.437. The molecule has 1 heterocycles. The first-order chi connectivity index (χ1) is 7.83. The fourth-order valence-electron chi connectivity index (χ4n) is 1.32. The Hall–Kier alpha value is -2.17. The minimum Gasteiger partial charge on any atom is -0.493 e. The maximum absolute atomic E-state index is 5.18. The van der Waals surface area contributed by atoms with E-state index in [0.29, 0.717) is 17.5 Å². The molecule has 0 spiro atoms. The first-order valence-electron chi connectivity index (χ1n) is 4.72. The van der Waals surface area contributed by atoms with Crippen LogP contribution >= 0.6 is 0 Å². The molecule has 0 radical (unpaired) electrons. The highest BCUT2D eigenvalue weighted by Gasteiger charge is 2.05. The number of methoxy groups -OCH3 is 2. The van der Waals surface area contributed by atoms with Gasteiger partial charge in [-0.05, 0) is 12.1 Å². The molecule has 0 amide bonds. The molecular formula is C11H12N2O3. The van der Waals surface area contributed by atoms with E-state index >= 15 is 0 Å². The topological polar surface area (TPSA) is 56.5 Å². The maximum Gasteiger partial charge on any atom is 0.299 e. The van der Waals surface area contributed by atoms with Crippen molar-refractivity contribution < 1.29 is 13.9 Å². The Morgan fingerprint density at radius 3 is 2.62 bits per heavy atom. The predicted octanol–water partition coefficient (Wildman–Crippen LogP) is 2.44. The van der Waals surface area contributed by atoms with Gasteiger partial charge in [-0.2, -0.15) is 0 Å². The zero-order valence-corrected chi connectivity index (χ0v) is 9.06. The molecule has 84 valence electrons. The molecule has 0 bridgehead atoms. The highest BCUT2D eigenvalue weighted by Crippen LogP contribution is 2.30. The van der Waals surface area contributed by atoms with Gasteiger partial charge in [0.2, 0.25) is 0 Å². The molecule has 0 fully saturated rings. The molecule has 0 aliphatic rings. The quantitative estimate of drug-likeness (QED) is 0.857. The van der Waals surface area contributed by atoms with Crippen molar-refractivity contribution in [1.29, 1.82) is 0 Å². The molecule has 2 rings (SSSR count). The van der Waals surface area contributed by atoms with E-state index in [2.05, 4.69) is 10.3 Å². The van der Waals surface area contributed by atoms with Crippen molar-refractivity contribution in [2.24, 2.45) is 0 Å². The van der Waals surface area contributed by atoms with Crippen LogP contribution in [0.3, 0.4) is 0 Å². The maximum atomic E-state index is 5.18. The second-order valence-corrected chi connectivity index (χ2v) is 3.03. The number of anilines is 2. The number of rotatable bonds is 4. The Morgan fingerprint density at radius 1 is 1.19 bits per heavy atom. The number of hydrogen-bond donors (Lipinski definition) is 1. The third kappa shape index (κ3) is 2.08. The molecule has 0 atom stereocenters. The third-order valence-electron chi connectivity index (χ3n) is 2.07. The van der Waals surface area contributed by atoms with E-state index in [-0.39, 0.29) is 0 Å². The van der Waals surface area contributed by atoms with Gasteiger partial charge in [0.25, 0.3) is 6.01 Å². The third-order valence-corrected chi connectivity index (χ3v) is 2.07. The lowest BCUT2D eigenvalue weighted by Gasteiger charge is -2.09. The molecule has 0 aliphatic carbocycles. The van der Waals surface area contributed by atoms with Crippen molar-refractivity contribution in [3.8, 4) is 11.5 Å². The van der Waals surface area contributed by atoms with E-state index in [9.17, 15) is 0 Å². The number of nitrogens with one attached hydrogen (secondary N) is 1. The summed E-state index contributed by atoms with van der Waals surface area (Å²) in [6.07, 6.45) is 3.08. The van der Waals surface area contributed by atoms with Crippen LogP contribution in [-0.2, 0) is 0 Å². The Bertz CT molecular complexity index is 454. The second kappa shape index (κ2) is 4.57. The molecule has 16 heavy (non-hydrogen) atoms. The fourth-order valence-corrected chi connectivity index (χ4v) is 1.32. The summed E-state index contributed by atoms with van der Waals surface area (Å²) in [5.41, 5.74) is 0.820. The van der Waals surface area contributed by atoms with Gasteiger partial charge >= 0.3 is 0 Å². The van der Waals surface area contributed by atoms with Gasteiger partial charge in [-0.3, -0.25) is 0 Å². The van der Waals surface area contributed by atoms with Crippen LogP contribution < -0.4 is 14.8 Å². The summed E-state index contributed by atoms with van der Waals surface area (Å²) in [6, 6.07) is 5.91. The van der Waals surface area contributed by atoms with E-state index in [1.807, 2.05) is 18.2 Å². The average molecular weight is 220 g/mol. The molecule has 0 saturated heterocycles. The van der Waals surface area contributed by atoms with Gasteiger partial charge in [0.15, 0.2) is 11.5 Å². The predicted molar refractivity (Wildman–Crippen MR) is 59.3 cm³/mol. The van der Waals surface area contributed by atoms with Gasteiger partial charge in [-0.1, -0.05) is 0 Å². The number of nitrogens with zero attached hydrogens (tertiary/aromatic N) is 1. The lowest BCUT2D eigenvalue weighted by molar-refractivity contribution is 0.355. The van der Waals surface area contributed by atoms with Gasteiger partial charge in [0.05, 0.1) is 20.4 Å². The van der Waals surface area contributed by atoms with Gasteiger partial charge in [-0.15, -0.1) is 0 Å². The Kier molecular flexibility index (Phi) is 2.95. The molecular weight excluding hydrogens is 208 g/mol. The standard InChI is InChI=1S/C11H12N2O3/c1-14-9-4-3-8(7-10(9)15-2)13-11-12-5-6-16-11/h3-7H,1-2H3,(H,12,13). The molecule has 0 saturated carbocycles. The molecule has 1 aromatic carbocycles. The fraction of sp³-hybridized carbons (Fsp3) is 0.182. The number of ether oxygens (including phenoxy) is 2. The number of hydrogen-bond acceptors (Lipinski definition) is 5. The zero-order chi connectivity index (χ0) is 11.4. The van der Waals surface area contributed by atoms with Crippen molar-refractivity contribution in [2.75, 3.05) is 19.5 Å². The number of oxazole rings is 1. The Morgan fingerprint density at radius 2 is 2.00 bits per heavy atom. The van der Waals surface area contributed by atoms with E-state index < -0.39 is 0 Å². The van der Waals surface area contributed by atoms with E-state index in [4.69, 9.17) is 13.9 Å². The first-order valence-corrected chi connectivity index (χ1v) is 4.72. The monoisotopic (exact) mass is 220 g/mol. The first kappa shape index (κ1) is 10.4. The summed E-state index contributed by atoms with van der Waals surface area (Å²) in [6.45, 7) is 0. The van der Waals surface area contributed by atoms with Crippen molar-refractivity contribution in [3.05, 3.63) is 30.7 Å². The lowest BCUT2D eigenvalue weighted by atomic mass is 10.3. The lowest BCUT2D eigenvalue weighted by Crippen LogP contribution is -1.94. The second-order valence-electron chi connectivity index (χ2n) is 3.03. The summed E-state index contributed by atoms with van der Waals surface area (Å²) in [5, 5.41) is 3.00. The van der Waals surface area contributed by atoms with Gasteiger partial charge < -0.3 is 19.2 Å². The highest BCUT2D eigenvalue weighted by molar-refractivity contribution is 5.59. The molecule has 1 N–H and O–H groups in total. The van der Waals surface area contributed by atoms with Crippen LogP contribution in [0.1, 0.15) is 0 Å². The van der Waals surface area contributed by atoms with Gasteiger partial charge in [-0.25, -0.2) is 4.98 Å². The van der Waals surface area contributed by atoms with E-state index in [1.165, 1.54) is 6.26 Å². The van der Waals surface area contributed by atoms with Crippen molar-refractivity contribution in [2.45, 2.75) is 0 Å². The minimum atomic E-state index is 0.437. The number of aromatic nitrogens is 1. The van der Waals surface area contributed by atoms with Crippen LogP contribution in [0.15, 0.2) is 35.1 Å². The molecule has 5 nitrogen and oxygen atoms in total. The normalized spacial score (nSPS) is 9.88. The summed E-state index contributed by atoms with van der Waals surface area (Å²) < 4.78 is 15.4. The summed E-state index contributed by atoms with van der Waals surface area (Å²) >= 11 is 0. The van der Waals surface area contributed by atoms with Crippen LogP contribution in [0.5, 0.6) is 11.5 Å². The SMILES string of the molecule is COc1ccc(Nc2ncco2)cc1OC. The van der Waals surface area contributed by atoms with Crippen LogP contribution in [0.2, 0.25) is 0 Å². The van der Waals surface area contributed by atoms with Crippen LogP contribution in [-0.4, -0.2) is 19.2 Å². The molecule has 0 aliphatic heterocycles. The van der Waals surface area contributed by atoms with Crippen molar-refractivity contribution in [3.63, 3.8) is 0 Å². The molecule has 5 heteroatoms. The average Bonchev–Trinajstić information content (AvgIpc) is 2.81. The summed E-state index contributed by atoms with van der Waals surface area (Å²) in [7, 11) is 3.19. The van der Waals surface area contributed by atoms with Crippen LogP contribution in [0, 0.1) is 0 Å². The van der Waals surface area contributed by atoms with E-state index in [0.717, 1.165) is 5.69 Å². The van der Waals surface area contributed by atoms with E-state index in [1.54, 1.807) is 20.4 Å². The van der Waals surface area contributed by atoms with Crippen LogP contribution in [0.4, 0.5) is 11.7 Å². The highest BCUT2D eigenvalue weighted by atomic mass is 16.5.